The Bertz CT molecular complexity index is 804. The van der Waals surface area contributed by atoms with Crippen LogP contribution in [0.4, 0.5) is 5.82 Å². The molecule has 0 N–H and O–H groups in total. The summed E-state index contributed by atoms with van der Waals surface area (Å²) >= 11 is 1.68. The van der Waals surface area contributed by atoms with Crippen molar-refractivity contribution in [2.45, 2.75) is 24.8 Å². The van der Waals surface area contributed by atoms with E-state index in [9.17, 15) is 8.42 Å². The minimum atomic E-state index is -3.28. The molecule has 1 aliphatic rings. The molecule has 24 heavy (non-hydrogen) atoms. The topological polar surface area (TPSA) is 66.4 Å². The molecule has 3 rings (SSSR count). The molecule has 1 fully saturated rings. The SMILES string of the molecule is Cc1nc(CN2CCCN(c3ncccc3S(C)(=O)=O)CC2)cs1. The van der Waals surface area contributed by atoms with Gasteiger partial charge in [0.1, 0.15) is 10.7 Å². The highest BCUT2D eigenvalue weighted by Gasteiger charge is 2.22. The summed E-state index contributed by atoms with van der Waals surface area (Å²) in [6.45, 7) is 6.30. The van der Waals surface area contributed by atoms with Gasteiger partial charge in [0.2, 0.25) is 0 Å². The van der Waals surface area contributed by atoms with E-state index in [1.165, 1.54) is 6.26 Å². The Morgan fingerprint density at radius 1 is 1.25 bits per heavy atom. The lowest BCUT2D eigenvalue weighted by atomic mass is 10.3. The van der Waals surface area contributed by atoms with Gasteiger partial charge in [-0.05, 0) is 25.5 Å². The van der Waals surface area contributed by atoms with Crippen molar-refractivity contribution in [3.63, 3.8) is 0 Å². The molecule has 2 aromatic rings. The van der Waals surface area contributed by atoms with Crippen molar-refractivity contribution in [3.05, 3.63) is 34.4 Å². The highest BCUT2D eigenvalue weighted by Crippen LogP contribution is 2.23. The first-order chi connectivity index (χ1) is 11.4. The average Bonchev–Trinajstić information content (AvgIpc) is 2.80. The fourth-order valence-electron chi connectivity index (χ4n) is 2.96. The first-order valence-corrected chi connectivity index (χ1v) is 10.7. The third-order valence-corrected chi connectivity index (χ3v) is 6.03. The quantitative estimate of drug-likeness (QED) is 0.824. The second kappa shape index (κ2) is 7.16. The molecule has 1 saturated heterocycles. The van der Waals surface area contributed by atoms with E-state index in [4.69, 9.17) is 0 Å². The zero-order valence-corrected chi connectivity index (χ0v) is 15.6. The van der Waals surface area contributed by atoms with Crippen LogP contribution in [0.25, 0.3) is 0 Å². The largest absolute Gasteiger partial charge is 0.354 e. The number of rotatable bonds is 4. The fourth-order valence-corrected chi connectivity index (χ4v) is 4.40. The van der Waals surface area contributed by atoms with E-state index in [1.54, 1.807) is 29.7 Å². The summed E-state index contributed by atoms with van der Waals surface area (Å²) in [4.78, 5) is 13.6. The van der Waals surface area contributed by atoms with Crippen LogP contribution in [0.1, 0.15) is 17.1 Å². The van der Waals surface area contributed by atoms with Crippen LogP contribution in [0.15, 0.2) is 28.6 Å². The molecule has 0 aromatic carbocycles. The minimum Gasteiger partial charge on any atom is -0.354 e. The zero-order valence-electron chi connectivity index (χ0n) is 14.0. The minimum absolute atomic E-state index is 0.313. The molecule has 0 unspecified atom stereocenters. The smallest absolute Gasteiger partial charge is 0.179 e. The van der Waals surface area contributed by atoms with Crippen molar-refractivity contribution in [1.82, 2.24) is 14.9 Å². The van der Waals surface area contributed by atoms with Crippen molar-refractivity contribution in [1.29, 1.82) is 0 Å². The van der Waals surface area contributed by atoms with Crippen LogP contribution in [0.2, 0.25) is 0 Å². The van der Waals surface area contributed by atoms with E-state index in [0.29, 0.717) is 10.7 Å². The van der Waals surface area contributed by atoms with Gasteiger partial charge in [0.15, 0.2) is 9.84 Å². The molecule has 6 nitrogen and oxygen atoms in total. The van der Waals surface area contributed by atoms with Crippen molar-refractivity contribution in [2.24, 2.45) is 0 Å². The Kier molecular flexibility index (Phi) is 5.17. The molecule has 0 atom stereocenters. The number of hydrogen-bond donors (Lipinski definition) is 0. The molecule has 8 heteroatoms. The predicted molar refractivity (Wildman–Crippen MR) is 96.3 cm³/mol. The number of thiazole rings is 1. The molecule has 0 aliphatic carbocycles. The van der Waals surface area contributed by atoms with Gasteiger partial charge in [-0.25, -0.2) is 18.4 Å². The molecule has 2 aromatic heterocycles. The maximum Gasteiger partial charge on any atom is 0.179 e. The maximum atomic E-state index is 12.0. The summed E-state index contributed by atoms with van der Waals surface area (Å²) in [5.74, 6) is 0.575. The van der Waals surface area contributed by atoms with Crippen molar-refractivity contribution in [2.75, 3.05) is 37.3 Å². The Morgan fingerprint density at radius 3 is 2.79 bits per heavy atom. The molecule has 0 bridgehead atoms. The number of hydrogen-bond acceptors (Lipinski definition) is 7. The predicted octanol–water partition coefficient (Wildman–Crippen LogP) is 1.96. The summed E-state index contributed by atoms with van der Waals surface area (Å²) in [5, 5.41) is 3.20. The highest BCUT2D eigenvalue weighted by molar-refractivity contribution is 7.90. The van der Waals surface area contributed by atoms with Gasteiger partial charge in [-0.15, -0.1) is 11.3 Å². The molecule has 130 valence electrons. The van der Waals surface area contributed by atoms with Crippen LogP contribution in [-0.4, -0.2) is 55.7 Å². The summed E-state index contributed by atoms with van der Waals surface area (Å²) in [7, 11) is -3.28. The average molecular weight is 367 g/mol. The highest BCUT2D eigenvalue weighted by atomic mass is 32.2. The lowest BCUT2D eigenvalue weighted by molar-refractivity contribution is 0.282. The Morgan fingerprint density at radius 2 is 2.08 bits per heavy atom. The van der Waals surface area contributed by atoms with E-state index < -0.39 is 9.84 Å². The van der Waals surface area contributed by atoms with Gasteiger partial charge in [-0.1, -0.05) is 0 Å². The number of sulfone groups is 1. The van der Waals surface area contributed by atoms with Crippen LogP contribution in [0, 0.1) is 6.92 Å². The summed E-state index contributed by atoms with van der Waals surface area (Å²) in [6.07, 6.45) is 3.87. The van der Waals surface area contributed by atoms with Gasteiger partial charge in [0.25, 0.3) is 0 Å². The fraction of sp³-hybridized carbons (Fsp3) is 0.500. The third kappa shape index (κ3) is 4.12. The molecule has 1 aliphatic heterocycles. The molecular weight excluding hydrogens is 344 g/mol. The lowest BCUT2D eigenvalue weighted by Gasteiger charge is -2.24. The standard InChI is InChI=1S/C16H22N4O2S2/c1-13-18-14(12-23-13)11-19-7-4-8-20(10-9-19)16-15(24(2,21)22)5-3-6-17-16/h3,5-6,12H,4,7-11H2,1-2H3. The molecule has 0 spiro atoms. The van der Waals surface area contributed by atoms with Gasteiger partial charge < -0.3 is 4.90 Å². The first-order valence-electron chi connectivity index (χ1n) is 7.97. The van der Waals surface area contributed by atoms with Crippen molar-refractivity contribution in [3.8, 4) is 0 Å². The van der Waals surface area contributed by atoms with E-state index >= 15 is 0 Å². The van der Waals surface area contributed by atoms with Crippen molar-refractivity contribution >= 4 is 27.0 Å². The normalized spacial score (nSPS) is 17.0. The van der Waals surface area contributed by atoms with Gasteiger partial charge in [-0.2, -0.15) is 0 Å². The monoisotopic (exact) mass is 366 g/mol. The van der Waals surface area contributed by atoms with Crippen LogP contribution in [0.5, 0.6) is 0 Å². The second-order valence-corrected chi connectivity index (χ2v) is 9.12. The molecule has 0 radical (unpaired) electrons. The van der Waals surface area contributed by atoms with E-state index in [-0.39, 0.29) is 0 Å². The molecule has 0 amide bonds. The van der Waals surface area contributed by atoms with Gasteiger partial charge in [0, 0.05) is 50.6 Å². The number of aromatic nitrogens is 2. The first kappa shape index (κ1) is 17.3. The molecular formula is C16H22N4O2S2. The van der Waals surface area contributed by atoms with Crippen LogP contribution < -0.4 is 4.90 Å². The number of pyridine rings is 1. The van der Waals surface area contributed by atoms with Crippen molar-refractivity contribution < 1.29 is 8.42 Å². The number of nitrogens with zero attached hydrogens (tertiary/aromatic N) is 4. The Labute approximate surface area is 147 Å². The summed E-state index contributed by atoms with van der Waals surface area (Å²) in [5.41, 5.74) is 1.11. The van der Waals surface area contributed by atoms with E-state index in [0.717, 1.165) is 49.8 Å². The Balaban J connectivity index is 1.72. The third-order valence-electron chi connectivity index (χ3n) is 4.09. The molecule has 3 heterocycles. The van der Waals surface area contributed by atoms with Gasteiger partial charge in [-0.3, -0.25) is 4.90 Å². The Hall–Kier alpha value is -1.51. The second-order valence-electron chi connectivity index (χ2n) is 6.07. The zero-order chi connectivity index (χ0) is 17.2. The summed E-state index contributed by atoms with van der Waals surface area (Å²) < 4.78 is 24.0. The van der Waals surface area contributed by atoms with Gasteiger partial charge in [0.05, 0.1) is 10.7 Å². The number of anilines is 1. The van der Waals surface area contributed by atoms with Crippen LogP contribution in [-0.2, 0) is 16.4 Å². The summed E-state index contributed by atoms with van der Waals surface area (Å²) in [6, 6.07) is 3.31. The lowest BCUT2D eigenvalue weighted by Crippen LogP contribution is -2.31. The van der Waals surface area contributed by atoms with E-state index in [1.807, 2.05) is 6.92 Å². The van der Waals surface area contributed by atoms with Gasteiger partial charge >= 0.3 is 0 Å². The molecule has 0 saturated carbocycles. The van der Waals surface area contributed by atoms with Crippen LogP contribution >= 0.6 is 11.3 Å². The van der Waals surface area contributed by atoms with Crippen LogP contribution in [0.3, 0.4) is 0 Å². The van der Waals surface area contributed by atoms with E-state index in [2.05, 4.69) is 25.1 Å². The number of aryl methyl sites for hydroxylation is 1. The maximum absolute atomic E-state index is 12.0.